The van der Waals surface area contributed by atoms with E-state index in [-0.39, 0.29) is 26.0 Å². The second-order valence-electron chi connectivity index (χ2n) is 20.0. The van der Waals surface area contributed by atoms with Crippen LogP contribution in [0.1, 0.15) is 96.5 Å². The molecule has 5 heterocycles. The van der Waals surface area contributed by atoms with Crippen LogP contribution in [-0.4, -0.2) is 132 Å². The fraction of sp³-hybridized carbons (Fsp3) is 0.592. The summed E-state index contributed by atoms with van der Waals surface area (Å²) in [6.07, 6.45) is -0.660. The predicted molar refractivity (Wildman–Crippen MR) is 255 cm³/mol. The lowest BCUT2D eigenvalue weighted by Gasteiger charge is -2.36. The van der Waals surface area contributed by atoms with E-state index < -0.39 is 65.9 Å². The second kappa shape index (κ2) is 21.0. The third kappa shape index (κ3) is 12.9. The zero-order chi connectivity index (χ0) is 50.0. The Hall–Kier alpha value is -5.31. The Labute approximate surface area is 405 Å². The number of nitrogens with one attached hydrogen (secondary N) is 2. The number of nitrogens with zero attached hydrogens (tertiary/aromatic N) is 6. The van der Waals surface area contributed by atoms with E-state index >= 15 is 0 Å². The van der Waals surface area contributed by atoms with Crippen molar-refractivity contribution in [1.29, 1.82) is 0 Å². The molecule has 3 fully saturated rings. The molecule has 4 aromatic rings. The summed E-state index contributed by atoms with van der Waals surface area (Å²) in [6.45, 7) is 14.3. The molecular formula is C49H65F3N8O8S. The minimum absolute atomic E-state index is 0.0151. The molecule has 1 saturated carbocycles. The highest BCUT2D eigenvalue weighted by molar-refractivity contribution is 7.10. The molecule has 0 unspecified atom stereocenters. The van der Waals surface area contributed by atoms with Gasteiger partial charge in [0.2, 0.25) is 0 Å². The van der Waals surface area contributed by atoms with Gasteiger partial charge < -0.3 is 33.7 Å². The number of benzene rings is 1. The third-order valence-corrected chi connectivity index (χ3v) is 13.5. The van der Waals surface area contributed by atoms with Gasteiger partial charge in [0.25, 0.3) is 5.91 Å². The molecule has 2 N–H and O–H groups in total. The lowest BCUT2D eigenvalue weighted by Crippen LogP contribution is -2.60. The Morgan fingerprint density at radius 1 is 0.986 bits per heavy atom. The van der Waals surface area contributed by atoms with Gasteiger partial charge in [-0.1, -0.05) is 19.9 Å². The van der Waals surface area contributed by atoms with Crippen molar-refractivity contribution in [3.8, 4) is 22.5 Å². The Balaban J connectivity index is 1.32. The van der Waals surface area contributed by atoms with Crippen LogP contribution in [0.2, 0.25) is 0 Å². The summed E-state index contributed by atoms with van der Waals surface area (Å²) >= 11 is 1.26. The van der Waals surface area contributed by atoms with Crippen molar-refractivity contribution in [1.82, 2.24) is 35.2 Å². The number of amides is 2. The molecule has 0 bridgehead atoms. The lowest BCUT2D eigenvalue weighted by atomic mass is 9.84. The van der Waals surface area contributed by atoms with Gasteiger partial charge in [0.15, 0.2) is 0 Å². The number of rotatable bonds is 16. The van der Waals surface area contributed by atoms with Crippen molar-refractivity contribution in [3.63, 3.8) is 0 Å². The molecule has 69 heavy (non-hydrogen) atoms. The number of alkyl carbamates (subject to hydrolysis) is 1. The molecule has 2 saturated heterocycles. The number of methoxy groups -OCH3 is 2. The van der Waals surface area contributed by atoms with Crippen LogP contribution < -0.4 is 15.6 Å². The van der Waals surface area contributed by atoms with Gasteiger partial charge in [-0.15, -0.1) is 11.3 Å². The summed E-state index contributed by atoms with van der Waals surface area (Å²) in [6, 6.07) is 5.90. The highest BCUT2D eigenvalue weighted by atomic mass is 32.1. The summed E-state index contributed by atoms with van der Waals surface area (Å²) in [5.74, 6) is -1.49. The molecule has 0 radical (unpaired) electrons. The molecule has 3 aliphatic rings. The fourth-order valence-electron chi connectivity index (χ4n) is 9.10. The lowest BCUT2D eigenvalue weighted by molar-refractivity contribution is -0.150. The molecule has 2 amide bonds. The van der Waals surface area contributed by atoms with Crippen LogP contribution in [-0.2, 0) is 52.7 Å². The summed E-state index contributed by atoms with van der Waals surface area (Å²) in [5.41, 5.74) is 5.53. The standard InChI is InChI=1S/C49H65F3N8O8S/c1-29(65-8)42-35(22-33(25-53-42)58-19-17-57(18-20-58)32-13-14-32)43-36(24-48(6,7)28-67-30(2)61)34-21-31(12-15-40(34)59(43)27-49(50,51)52)39-26-69-41(54-39)23-38(55-46(64)68-47(3,4)5)44(62)60-16-10-11-37(56-60)45(63)66-9/h12,15,21-22,25-26,29,32,37-38,56H,10-11,13-14,16-20,23-24,27-28H2,1-9H3,(H,55,64)/t29-,37-,38-/m0/s1. The van der Waals surface area contributed by atoms with Crippen LogP contribution in [0.15, 0.2) is 35.8 Å². The second-order valence-corrected chi connectivity index (χ2v) is 20.9. The maximum Gasteiger partial charge on any atom is 0.408 e. The van der Waals surface area contributed by atoms with E-state index in [9.17, 15) is 32.3 Å². The Kier molecular flexibility index (Phi) is 15.7. The van der Waals surface area contributed by atoms with Crippen LogP contribution >= 0.6 is 11.3 Å². The Morgan fingerprint density at radius 3 is 2.35 bits per heavy atom. The molecule has 1 aliphatic carbocycles. The number of hydrogen-bond donors (Lipinski definition) is 2. The van der Waals surface area contributed by atoms with Gasteiger partial charge in [0.05, 0.1) is 53.8 Å². The zero-order valence-electron chi connectivity index (χ0n) is 41.0. The number of halogens is 3. The first kappa shape index (κ1) is 51.5. The summed E-state index contributed by atoms with van der Waals surface area (Å²) in [7, 11) is 2.81. The van der Waals surface area contributed by atoms with Crippen molar-refractivity contribution in [3.05, 3.63) is 52.1 Å². The smallest absolute Gasteiger partial charge is 0.408 e. The van der Waals surface area contributed by atoms with Gasteiger partial charge in [-0.2, -0.15) is 13.2 Å². The van der Waals surface area contributed by atoms with Crippen LogP contribution in [0, 0.1) is 5.41 Å². The van der Waals surface area contributed by atoms with E-state index in [4.69, 9.17) is 28.9 Å². The Morgan fingerprint density at radius 2 is 1.71 bits per heavy atom. The average molecular weight is 983 g/mol. The number of pyridine rings is 1. The average Bonchev–Trinajstić information content (AvgIpc) is 3.98. The van der Waals surface area contributed by atoms with Crippen molar-refractivity contribution in [2.75, 3.05) is 58.5 Å². The van der Waals surface area contributed by atoms with E-state index in [0.717, 1.165) is 31.9 Å². The highest BCUT2D eigenvalue weighted by Gasteiger charge is 2.38. The minimum Gasteiger partial charge on any atom is -0.468 e. The number of thiazole rings is 1. The number of fused-ring (bicyclic) bond motifs is 1. The molecule has 7 rings (SSSR count). The Bertz CT molecular complexity index is 2510. The zero-order valence-corrected chi connectivity index (χ0v) is 41.8. The van der Waals surface area contributed by atoms with Crippen LogP contribution in [0.3, 0.4) is 0 Å². The maximum absolute atomic E-state index is 15.0. The molecule has 2 aliphatic heterocycles. The van der Waals surface area contributed by atoms with Gasteiger partial charge in [0, 0.05) is 92.0 Å². The van der Waals surface area contributed by atoms with E-state index in [2.05, 4.69) is 20.5 Å². The number of carbonyl (C=O) groups is 4. The summed E-state index contributed by atoms with van der Waals surface area (Å²) in [5, 5.41) is 6.84. The van der Waals surface area contributed by atoms with Crippen molar-refractivity contribution in [2.45, 2.75) is 130 Å². The number of hydrazine groups is 1. The summed E-state index contributed by atoms with van der Waals surface area (Å²) in [4.78, 5) is 66.3. The van der Waals surface area contributed by atoms with Gasteiger partial charge in [-0.25, -0.2) is 15.2 Å². The van der Waals surface area contributed by atoms with E-state index in [1.807, 2.05) is 32.9 Å². The quantitative estimate of drug-likeness (QED) is 0.0832. The van der Waals surface area contributed by atoms with Crippen molar-refractivity contribution >= 4 is 51.9 Å². The van der Waals surface area contributed by atoms with Crippen LogP contribution in [0.4, 0.5) is 23.7 Å². The normalized spacial score (nSPS) is 18.2. The molecule has 20 heteroatoms. The SMILES string of the molecule is COC(=O)[C@@H]1CCCN(C(=O)[C@H](Cc2nc(-c3ccc4c(c3)c(CC(C)(C)COC(C)=O)c(-c3cc(N5CCN(C6CC6)CC5)cnc3[C@H](C)OC)n4CC(F)(F)F)cs2)NC(=O)OC(C)(C)C)N1. The number of hydrogen-bond acceptors (Lipinski definition) is 14. The van der Waals surface area contributed by atoms with E-state index in [0.29, 0.717) is 68.6 Å². The number of esters is 2. The molecule has 0 spiro atoms. The number of piperazine rings is 1. The molecule has 16 nitrogen and oxygen atoms in total. The summed E-state index contributed by atoms with van der Waals surface area (Å²) < 4.78 is 67.9. The number of alkyl halides is 3. The van der Waals surface area contributed by atoms with Gasteiger partial charge >= 0.3 is 24.2 Å². The van der Waals surface area contributed by atoms with Gasteiger partial charge in [0.1, 0.15) is 24.2 Å². The molecule has 3 atom stereocenters. The number of aromatic nitrogens is 3. The number of anilines is 1. The van der Waals surface area contributed by atoms with E-state index in [1.54, 1.807) is 51.6 Å². The first-order valence-electron chi connectivity index (χ1n) is 23.5. The third-order valence-electron chi connectivity index (χ3n) is 12.6. The monoisotopic (exact) mass is 982 g/mol. The first-order chi connectivity index (χ1) is 32.5. The largest absolute Gasteiger partial charge is 0.468 e. The molecule has 3 aromatic heterocycles. The molecule has 376 valence electrons. The van der Waals surface area contributed by atoms with Crippen molar-refractivity contribution in [2.24, 2.45) is 5.41 Å². The fourth-order valence-corrected chi connectivity index (χ4v) is 9.95. The molecular weight excluding hydrogens is 918 g/mol. The van der Waals surface area contributed by atoms with Gasteiger partial charge in [-0.05, 0) is 83.6 Å². The van der Waals surface area contributed by atoms with Gasteiger partial charge in [-0.3, -0.25) is 29.3 Å². The number of ether oxygens (including phenoxy) is 4. The van der Waals surface area contributed by atoms with Crippen LogP contribution in [0.25, 0.3) is 33.4 Å². The minimum atomic E-state index is -4.61. The first-order valence-corrected chi connectivity index (χ1v) is 24.4. The highest BCUT2D eigenvalue weighted by Crippen LogP contribution is 2.44. The topological polar surface area (TPSA) is 170 Å². The number of carbonyl (C=O) groups excluding carboxylic acids is 4. The van der Waals surface area contributed by atoms with E-state index in [1.165, 1.54) is 47.8 Å². The van der Waals surface area contributed by atoms with Crippen molar-refractivity contribution < 1.29 is 51.3 Å². The maximum atomic E-state index is 15.0. The molecule has 1 aromatic carbocycles. The predicted octanol–water partition coefficient (Wildman–Crippen LogP) is 7.62. The van der Waals surface area contributed by atoms with Crippen LogP contribution in [0.5, 0.6) is 0 Å².